The van der Waals surface area contributed by atoms with Gasteiger partial charge >= 0.3 is 5.97 Å². The van der Waals surface area contributed by atoms with E-state index < -0.39 is 140 Å². The first-order chi connectivity index (χ1) is 31.2. The Kier molecular flexibility index (Phi) is 14.1. The average Bonchev–Trinajstić information content (AvgIpc) is 3.26. The molecule has 12 N–H and O–H groups in total. The van der Waals surface area contributed by atoms with E-state index in [-0.39, 0.29) is 40.6 Å². The van der Waals surface area contributed by atoms with Crippen LogP contribution in [-0.4, -0.2) is 191 Å². The van der Waals surface area contributed by atoms with Crippen molar-refractivity contribution in [3.05, 3.63) is 11.6 Å². The van der Waals surface area contributed by atoms with Crippen LogP contribution in [0, 0.1) is 50.2 Å². The zero-order chi connectivity index (χ0) is 49.1. The minimum atomic E-state index is -1.98. The lowest BCUT2D eigenvalue weighted by Crippen LogP contribution is -2.68. The summed E-state index contributed by atoms with van der Waals surface area (Å²) in [6.07, 6.45) is -17.1. The van der Waals surface area contributed by atoms with Gasteiger partial charge in [0.05, 0.1) is 32.0 Å². The highest BCUT2D eigenvalue weighted by molar-refractivity contribution is 5.73. The normalized spacial score (nSPS) is 53.9. The van der Waals surface area contributed by atoms with Crippen LogP contribution in [0.1, 0.15) is 106 Å². The van der Waals surface area contributed by atoms with Crippen LogP contribution in [0.2, 0.25) is 0 Å². The van der Waals surface area contributed by atoms with Crippen LogP contribution in [0.15, 0.2) is 11.6 Å². The molecule has 4 saturated carbocycles. The summed E-state index contributed by atoms with van der Waals surface area (Å²) >= 11 is 0. The van der Waals surface area contributed by atoms with E-state index in [4.69, 9.17) is 28.4 Å². The van der Waals surface area contributed by atoms with Crippen LogP contribution in [0.4, 0.5) is 0 Å². The van der Waals surface area contributed by atoms with Crippen LogP contribution < -0.4 is 0 Å². The first-order valence-electron chi connectivity index (χ1n) is 24.4. The molecule has 0 amide bonds. The maximum absolute atomic E-state index is 12.7. The monoisotopic (exact) mass is 959 g/mol. The predicted molar refractivity (Wildman–Crippen MR) is 232 cm³/mol. The number of ether oxygens (including phenoxy) is 6. The second-order valence-corrected chi connectivity index (χ2v) is 23.7. The summed E-state index contributed by atoms with van der Waals surface area (Å²) in [6, 6.07) is 0. The van der Waals surface area contributed by atoms with Crippen molar-refractivity contribution in [2.75, 3.05) is 19.8 Å². The Balaban J connectivity index is 1.05. The molecular formula is C48H78O19. The summed E-state index contributed by atoms with van der Waals surface area (Å²) in [4.78, 5) is 12.3. The number of carboxylic acids is 1. The van der Waals surface area contributed by atoms with Gasteiger partial charge in [0, 0.05) is 5.41 Å². The molecule has 67 heavy (non-hydrogen) atoms. The van der Waals surface area contributed by atoms with Gasteiger partial charge in [-0.2, -0.15) is 0 Å². The molecule has 3 aliphatic heterocycles. The van der Waals surface area contributed by atoms with E-state index in [9.17, 15) is 66.1 Å². The lowest BCUT2D eigenvalue weighted by atomic mass is 9.33. The molecule has 0 aromatic carbocycles. The predicted octanol–water partition coefficient (Wildman–Crippen LogP) is -0.323. The second-order valence-electron chi connectivity index (χ2n) is 23.7. The maximum Gasteiger partial charge on any atom is 0.335 e. The van der Waals surface area contributed by atoms with Gasteiger partial charge in [0.15, 0.2) is 25.0 Å². The summed E-state index contributed by atoms with van der Waals surface area (Å²) in [7, 11) is 0. The number of hydrogen-bond acceptors (Lipinski definition) is 18. The van der Waals surface area contributed by atoms with E-state index in [1.54, 1.807) is 0 Å². The first-order valence-corrected chi connectivity index (χ1v) is 24.4. The molecule has 24 atom stereocenters. The van der Waals surface area contributed by atoms with Crippen molar-refractivity contribution < 1.29 is 94.5 Å². The fourth-order valence-corrected chi connectivity index (χ4v) is 15.2. The highest BCUT2D eigenvalue weighted by Crippen LogP contribution is 2.76. The van der Waals surface area contributed by atoms with Gasteiger partial charge < -0.3 is 89.7 Å². The molecule has 8 aliphatic rings. The summed E-state index contributed by atoms with van der Waals surface area (Å²) in [5, 5.41) is 128. The number of aliphatic hydroxyl groups is 11. The number of carbonyl (C=O) groups is 1. The third kappa shape index (κ3) is 8.19. The van der Waals surface area contributed by atoms with Crippen molar-refractivity contribution in [2.24, 2.45) is 50.2 Å². The van der Waals surface area contributed by atoms with Gasteiger partial charge in [-0.05, 0) is 103 Å². The van der Waals surface area contributed by atoms with Crippen molar-refractivity contribution in [3.8, 4) is 0 Å². The van der Waals surface area contributed by atoms with E-state index in [2.05, 4.69) is 54.5 Å². The zero-order valence-corrected chi connectivity index (χ0v) is 39.8. The molecule has 0 bridgehead atoms. The molecule has 7 fully saturated rings. The number of hydrogen-bond donors (Lipinski definition) is 12. The quantitative estimate of drug-likeness (QED) is 0.0986. The molecular weight excluding hydrogens is 881 g/mol. The van der Waals surface area contributed by atoms with E-state index >= 15 is 0 Å². The Hall–Kier alpha value is -1.47. The van der Waals surface area contributed by atoms with E-state index in [1.165, 1.54) is 5.57 Å². The number of carboxylic acid groups (broad SMARTS) is 1. The number of aliphatic carboxylic acids is 1. The molecule has 5 aliphatic carbocycles. The Labute approximate surface area is 392 Å². The molecule has 3 saturated heterocycles. The third-order valence-electron chi connectivity index (χ3n) is 19.4. The second kappa shape index (κ2) is 18.2. The van der Waals surface area contributed by atoms with Gasteiger partial charge in [-0.25, -0.2) is 4.79 Å². The van der Waals surface area contributed by atoms with Crippen LogP contribution >= 0.6 is 0 Å². The van der Waals surface area contributed by atoms with E-state index in [1.807, 2.05) is 0 Å². The standard InChI is InChI=1S/C48H78O19/c1-43(2)14-15-48(20-62-40-35(58)31(54)29(52)23(18-49)63-40)22(16-43)21-8-9-26-45(5)12-11-28(44(3,4)25(45)10-13-46(26,6)47(21,7)17-27(48)51)65-42-38(34(57)33(56)37(66-42)39(60)61)67-41-36(59)32(55)30(53)24(19-50)64-41/h8,22-38,40-42,49-59H,9-20H2,1-7H3,(H,60,61). The number of allylic oxidation sites excluding steroid dienone is 2. The summed E-state index contributed by atoms with van der Waals surface area (Å²) < 4.78 is 36.1. The summed E-state index contributed by atoms with van der Waals surface area (Å²) in [5.41, 5.74) is -0.946. The van der Waals surface area contributed by atoms with Gasteiger partial charge in [0.1, 0.15) is 67.1 Å². The van der Waals surface area contributed by atoms with Crippen LogP contribution in [0.25, 0.3) is 0 Å². The molecule has 19 nitrogen and oxygen atoms in total. The molecule has 384 valence electrons. The van der Waals surface area contributed by atoms with Gasteiger partial charge in [-0.15, -0.1) is 0 Å². The molecule has 3 heterocycles. The lowest BCUT2D eigenvalue weighted by molar-refractivity contribution is -0.374. The minimum absolute atomic E-state index is 0.0422. The van der Waals surface area contributed by atoms with Crippen molar-refractivity contribution in [2.45, 2.75) is 211 Å². The van der Waals surface area contributed by atoms with Crippen LogP contribution in [0.5, 0.6) is 0 Å². The van der Waals surface area contributed by atoms with E-state index in [0.29, 0.717) is 25.7 Å². The van der Waals surface area contributed by atoms with Crippen LogP contribution in [-0.2, 0) is 33.2 Å². The summed E-state index contributed by atoms with van der Waals surface area (Å²) in [6.45, 7) is 14.5. The highest BCUT2D eigenvalue weighted by atomic mass is 16.8. The Morgan fingerprint density at radius 3 is 1.88 bits per heavy atom. The van der Waals surface area contributed by atoms with Crippen molar-refractivity contribution >= 4 is 5.97 Å². The third-order valence-corrected chi connectivity index (χ3v) is 19.4. The molecule has 0 aromatic rings. The molecule has 19 heteroatoms. The topological polar surface area (TPSA) is 315 Å². The summed E-state index contributed by atoms with van der Waals surface area (Å²) in [5.74, 6) is -1.37. The van der Waals surface area contributed by atoms with Crippen molar-refractivity contribution in [3.63, 3.8) is 0 Å². The van der Waals surface area contributed by atoms with Crippen molar-refractivity contribution in [1.82, 2.24) is 0 Å². The van der Waals surface area contributed by atoms with Gasteiger partial charge in [0.25, 0.3) is 0 Å². The zero-order valence-electron chi connectivity index (χ0n) is 39.8. The van der Waals surface area contributed by atoms with E-state index in [0.717, 1.165) is 32.1 Å². The number of fused-ring (bicyclic) bond motifs is 7. The average molecular weight is 959 g/mol. The van der Waals surface area contributed by atoms with Gasteiger partial charge in [-0.1, -0.05) is 60.1 Å². The largest absolute Gasteiger partial charge is 0.479 e. The lowest BCUT2D eigenvalue weighted by Gasteiger charge is -2.72. The molecule has 0 spiro atoms. The number of aliphatic hydroxyl groups excluding tert-OH is 11. The molecule has 0 radical (unpaired) electrons. The maximum atomic E-state index is 12.7. The fourth-order valence-electron chi connectivity index (χ4n) is 15.2. The Bertz CT molecular complexity index is 1830. The number of rotatable bonds is 10. The van der Waals surface area contributed by atoms with Gasteiger partial charge in [-0.3, -0.25) is 0 Å². The minimum Gasteiger partial charge on any atom is -0.479 e. The Morgan fingerprint density at radius 2 is 1.27 bits per heavy atom. The molecule has 8 rings (SSSR count). The molecule has 0 aromatic heterocycles. The van der Waals surface area contributed by atoms with Gasteiger partial charge in [0.2, 0.25) is 0 Å². The Morgan fingerprint density at radius 1 is 0.657 bits per heavy atom. The smallest absolute Gasteiger partial charge is 0.335 e. The fraction of sp³-hybridized carbons (Fsp3) is 0.938. The van der Waals surface area contributed by atoms with Crippen molar-refractivity contribution in [1.29, 1.82) is 0 Å². The first kappa shape index (κ1) is 51.9. The highest BCUT2D eigenvalue weighted by Gasteiger charge is 2.70. The van der Waals surface area contributed by atoms with Crippen LogP contribution in [0.3, 0.4) is 0 Å². The molecule has 24 unspecified atom stereocenters. The SMILES string of the molecule is CC1(C)CCC2(COC3OC(CO)C(O)C(O)C3O)C(O)CC3(C)C(=CCC4C5(C)CCC(OC6OC(C(=O)O)C(O)C(O)C6OC6OC(CO)C(O)C(O)C6O)C(C)(C)C5CCC43C)C2C1.